The highest BCUT2D eigenvalue weighted by Crippen LogP contribution is 2.17. The third-order valence-electron chi connectivity index (χ3n) is 3.63. The first-order chi connectivity index (χ1) is 9.19. The molecule has 1 aromatic rings. The van der Waals surface area contributed by atoms with Crippen LogP contribution in [0.3, 0.4) is 0 Å². The Bertz CT molecular complexity index is 425. The minimum Gasteiger partial charge on any atom is -0.469 e. The molecule has 0 aromatic heterocycles. The van der Waals surface area contributed by atoms with E-state index in [1.807, 2.05) is 18.2 Å². The average Bonchev–Trinajstić information content (AvgIpc) is 2.43. The van der Waals surface area contributed by atoms with E-state index in [1.54, 1.807) is 0 Å². The van der Waals surface area contributed by atoms with Crippen molar-refractivity contribution in [1.82, 2.24) is 4.90 Å². The zero-order chi connectivity index (χ0) is 13.7. The molecular formula is C15H21NO3. The summed E-state index contributed by atoms with van der Waals surface area (Å²) < 4.78 is 4.73. The minimum absolute atomic E-state index is 0.151. The maximum Gasteiger partial charge on any atom is 0.309 e. The van der Waals surface area contributed by atoms with Crippen LogP contribution in [0.15, 0.2) is 24.3 Å². The highest BCUT2D eigenvalue weighted by Gasteiger charge is 2.18. The van der Waals surface area contributed by atoms with Crippen LogP contribution >= 0.6 is 0 Å². The number of aliphatic hydroxyl groups excluding tert-OH is 1. The van der Waals surface area contributed by atoms with Crippen LogP contribution in [0.5, 0.6) is 0 Å². The number of likely N-dealkylation sites (tertiary alicyclic amines) is 1. The van der Waals surface area contributed by atoms with E-state index in [-0.39, 0.29) is 12.1 Å². The number of rotatable bonds is 4. The van der Waals surface area contributed by atoms with Crippen molar-refractivity contribution in [2.24, 2.45) is 0 Å². The molecule has 1 heterocycles. The van der Waals surface area contributed by atoms with Gasteiger partial charge in [0.05, 0.1) is 19.6 Å². The molecule has 1 aromatic carbocycles. The van der Waals surface area contributed by atoms with Crippen molar-refractivity contribution in [3.05, 3.63) is 35.4 Å². The lowest BCUT2D eigenvalue weighted by atomic mass is 10.0. The summed E-state index contributed by atoms with van der Waals surface area (Å²) in [5, 5.41) is 9.51. The third kappa shape index (κ3) is 4.04. The maximum atomic E-state index is 11.4. The van der Waals surface area contributed by atoms with E-state index in [9.17, 15) is 9.90 Å². The van der Waals surface area contributed by atoms with Crippen molar-refractivity contribution in [1.29, 1.82) is 0 Å². The quantitative estimate of drug-likeness (QED) is 0.833. The minimum atomic E-state index is -0.207. The second-order valence-electron chi connectivity index (χ2n) is 5.03. The number of piperidine rings is 1. The normalized spacial score (nSPS) is 17.4. The molecule has 19 heavy (non-hydrogen) atoms. The molecule has 0 amide bonds. The van der Waals surface area contributed by atoms with Crippen LogP contribution in [0, 0.1) is 0 Å². The smallest absolute Gasteiger partial charge is 0.309 e. The Hall–Kier alpha value is -1.39. The van der Waals surface area contributed by atoms with Crippen LogP contribution in [0.4, 0.5) is 0 Å². The molecule has 1 aliphatic heterocycles. The molecule has 104 valence electrons. The number of ether oxygens (including phenoxy) is 1. The molecule has 0 aliphatic carbocycles. The predicted octanol–water partition coefficient (Wildman–Crippen LogP) is 1.36. The molecule has 0 atom stereocenters. The highest BCUT2D eigenvalue weighted by molar-refractivity contribution is 5.72. The Morgan fingerprint density at radius 1 is 1.32 bits per heavy atom. The Morgan fingerprint density at radius 3 is 2.58 bits per heavy atom. The first kappa shape index (κ1) is 14.0. The van der Waals surface area contributed by atoms with Crippen molar-refractivity contribution in [3.8, 4) is 0 Å². The van der Waals surface area contributed by atoms with E-state index in [4.69, 9.17) is 4.74 Å². The summed E-state index contributed by atoms with van der Waals surface area (Å²) in [7, 11) is 1.41. The fraction of sp³-hybridized carbons (Fsp3) is 0.533. The summed E-state index contributed by atoms with van der Waals surface area (Å²) in [5.41, 5.74) is 2.20. The van der Waals surface area contributed by atoms with Crippen LogP contribution in [0.25, 0.3) is 0 Å². The first-order valence-electron chi connectivity index (χ1n) is 6.73. The molecular weight excluding hydrogens is 242 g/mol. The van der Waals surface area contributed by atoms with Gasteiger partial charge in [-0.15, -0.1) is 0 Å². The van der Waals surface area contributed by atoms with Crippen LogP contribution < -0.4 is 0 Å². The largest absolute Gasteiger partial charge is 0.469 e. The summed E-state index contributed by atoms with van der Waals surface area (Å²) in [5.74, 6) is -0.207. The van der Waals surface area contributed by atoms with Gasteiger partial charge in [-0.05, 0) is 24.0 Å². The molecule has 0 unspecified atom stereocenters. The summed E-state index contributed by atoms with van der Waals surface area (Å²) in [6.07, 6.45) is 1.84. The number of methoxy groups -OCH3 is 1. The number of carbonyl (C=O) groups is 1. The average molecular weight is 263 g/mol. The van der Waals surface area contributed by atoms with Gasteiger partial charge in [-0.3, -0.25) is 9.69 Å². The second kappa shape index (κ2) is 6.68. The Kier molecular flexibility index (Phi) is 4.93. The number of nitrogens with zero attached hydrogens (tertiary/aromatic N) is 1. The fourth-order valence-electron chi connectivity index (χ4n) is 2.43. The van der Waals surface area contributed by atoms with Crippen molar-refractivity contribution in [2.75, 3.05) is 20.2 Å². The molecule has 1 aliphatic rings. The van der Waals surface area contributed by atoms with Gasteiger partial charge in [-0.2, -0.15) is 0 Å². The molecule has 0 radical (unpaired) electrons. The Labute approximate surface area is 114 Å². The van der Waals surface area contributed by atoms with Crippen LogP contribution in [-0.4, -0.2) is 42.3 Å². The molecule has 1 fully saturated rings. The summed E-state index contributed by atoms with van der Waals surface area (Å²) >= 11 is 0. The number of carbonyl (C=O) groups excluding carboxylic acids is 1. The zero-order valence-electron chi connectivity index (χ0n) is 11.3. The van der Waals surface area contributed by atoms with Gasteiger partial charge in [0.25, 0.3) is 0 Å². The van der Waals surface area contributed by atoms with Gasteiger partial charge in [0.2, 0.25) is 0 Å². The van der Waals surface area contributed by atoms with Crippen molar-refractivity contribution in [2.45, 2.75) is 31.9 Å². The molecule has 2 rings (SSSR count). The van der Waals surface area contributed by atoms with Gasteiger partial charge < -0.3 is 9.84 Å². The Balaban J connectivity index is 2.01. The number of esters is 1. The number of hydrogen-bond acceptors (Lipinski definition) is 4. The maximum absolute atomic E-state index is 11.4. The topological polar surface area (TPSA) is 49.8 Å². The van der Waals surface area contributed by atoms with E-state index < -0.39 is 0 Å². The number of hydrogen-bond donors (Lipinski definition) is 1. The van der Waals surface area contributed by atoms with Gasteiger partial charge in [0, 0.05) is 19.6 Å². The number of aliphatic hydroxyl groups is 1. The van der Waals surface area contributed by atoms with Crippen LogP contribution in [-0.2, 0) is 22.5 Å². The Morgan fingerprint density at radius 2 is 1.95 bits per heavy atom. The van der Waals surface area contributed by atoms with Gasteiger partial charge in [-0.1, -0.05) is 24.3 Å². The van der Waals surface area contributed by atoms with Crippen LogP contribution in [0.2, 0.25) is 0 Å². The van der Waals surface area contributed by atoms with Crippen molar-refractivity contribution < 1.29 is 14.6 Å². The molecule has 0 bridgehead atoms. The molecule has 0 saturated carbocycles. The van der Waals surface area contributed by atoms with Crippen LogP contribution in [0.1, 0.15) is 24.0 Å². The number of benzene rings is 1. The van der Waals surface area contributed by atoms with Gasteiger partial charge >= 0.3 is 5.97 Å². The molecule has 1 N–H and O–H groups in total. The predicted molar refractivity (Wildman–Crippen MR) is 72.7 cm³/mol. The van der Waals surface area contributed by atoms with Gasteiger partial charge in [-0.25, -0.2) is 0 Å². The summed E-state index contributed by atoms with van der Waals surface area (Å²) in [6.45, 7) is 2.65. The lowest BCUT2D eigenvalue weighted by Gasteiger charge is -2.30. The molecule has 0 spiro atoms. The first-order valence-corrected chi connectivity index (χ1v) is 6.73. The second-order valence-corrected chi connectivity index (χ2v) is 5.03. The lowest BCUT2D eigenvalue weighted by molar-refractivity contribution is -0.139. The monoisotopic (exact) mass is 263 g/mol. The highest BCUT2D eigenvalue weighted by atomic mass is 16.5. The SMILES string of the molecule is COC(=O)Cc1ccccc1CN1CCC(O)CC1. The molecule has 4 heteroatoms. The third-order valence-corrected chi connectivity index (χ3v) is 3.63. The van der Waals surface area contributed by atoms with E-state index in [0.717, 1.165) is 38.0 Å². The van der Waals surface area contributed by atoms with Crippen molar-refractivity contribution in [3.63, 3.8) is 0 Å². The van der Waals surface area contributed by atoms with Gasteiger partial charge in [0.15, 0.2) is 0 Å². The fourth-order valence-corrected chi connectivity index (χ4v) is 2.43. The van der Waals surface area contributed by atoms with E-state index in [0.29, 0.717) is 6.42 Å². The standard InChI is InChI=1S/C15H21NO3/c1-19-15(18)10-12-4-2-3-5-13(12)11-16-8-6-14(17)7-9-16/h2-5,14,17H,6-11H2,1H3. The van der Waals surface area contributed by atoms with E-state index in [2.05, 4.69) is 11.0 Å². The summed E-state index contributed by atoms with van der Waals surface area (Å²) in [6, 6.07) is 7.98. The van der Waals surface area contributed by atoms with Crippen molar-refractivity contribution >= 4 is 5.97 Å². The molecule has 1 saturated heterocycles. The van der Waals surface area contributed by atoms with E-state index in [1.165, 1.54) is 12.7 Å². The van der Waals surface area contributed by atoms with E-state index >= 15 is 0 Å². The lowest BCUT2D eigenvalue weighted by Crippen LogP contribution is -2.35. The summed E-state index contributed by atoms with van der Waals surface area (Å²) in [4.78, 5) is 13.7. The zero-order valence-corrected chi connectivity index (χ0v) is 11.3. The van der Waals surface area contributed by atoms with Gasteiger partial charge in [0.1, 0.15) is 0 Å². The molecule has 4 nitrogen and oxygen atoms in total.